The first-order valence-corrected chi connectivity index (χ1v) is 11.6. The Morgan fingerprint density at radius 1 is 1.03 bits per heavy atom. The molecule has 2 N–H and O–H groups in total. The molecule has 3 aromatic carbocycles. The average Bonchev–Trinajstić information content (AvgIpc) is 3.43. The Labute approximate surface area is 198 Å². The van der Waals surface area contributed by atoms with Crippen LogP contribution in [0.4, 0.5) is 5.69 Å². The van der Waals surface area contributed by atoms with E-state index in [4.69, 9.17) is 9.47 Å². The van der Waals surface area contributed by atoms with Gasteiger partial charge in [0.15, 0.2) is 11.5 Å². The number of nitrogens with zero attached hydrogens (tertiary/aromatic N) is 1. The number of nitrogens with one attached hydrogen (secondary N) is 2. The summed E-state index contributed by atoms with van der Waals surface area (Å²) in [4.78, 5) is 27.4. The molecular weight excluding hydrogens is 430 g/mol. The Bertz CT molecular complexity index is 1210. The highest BCUT2D eigenvalue weighted by molar-refractivity contribution is 5.99. The fourth-order valence-electron chi connectivity index (χ4n) is 4.28. The van der Waals surface area contributed by atoms with Gasteiger partial charge in [-0.2, -0.15) is 0 Å². The third-order valence-corrected chi connectivity index (χ3v) is 6.11. The quantitative estimate of drug-likeness (QED) is 0.479. The van der Waals surface area contributed by atoms with E-state index in [-0.39, 0.29) is 24.8 Å². The Morgan fingerprint density at radius 2 is 1.82 bits per heavy atom. The van der Waals surface area contributed by atoms with Crippen LogP contribution < -0.4 is 20.1 Å². The number of carbonyl (C=O) groups is 2. The normalized spacial score (nSPS) is 15.9. The minimum absolute atomic E-state index is 0.0299. The van der Waals surface area contributed by atoms with Gasteiger partial charge in [-0.15, -0.1) is 0 Å². The second-order valence-corrected chi connectivity index (χ2v) is 8.44. The van der Waals surface area contributed by atoms with Gasteiger partial charge in [0.05, 0.1) is 0 Å². The van der Waals surface area contributed by atoms with Crippen molar-refractivity contribution in [2.75, 3.05) is 18.7 Å². The summed E-state index contributed by atoms with van der Waals surface area (Å²) in [6.45, 7) is 3.39. The second kappa shape index (κ2) is 9.47. The van der Waals surface area contributed by atoms with Crippen LogP contribution in [0.3, 0.4) is 0 Å². The predicted octanol–water partition coefficient (Wildman–Crippen LogP) is 4.71. The van der Waals surface area contributed by atoms with Crippen molar-refractivity contribution in [1.82, 2.24) is 10.2 Å². The van der Waals surface area contributed by atoms with Crippen LogP contribution in [-0.2, 0) is 6.54 Å². The molecule has 34 heavy (non-hydrogen) atoms. The van der Waals surface area contributed by atoms with E-state index in [1.54, 1.807) is 12.1 Å². The lowest BCUT2D eigenvalue weighted by atomic mass is 10.1. The molecule has 0 fully saturated rings. The van der Waals surface area contributed by atoms with E-state index >= 15 is 0 Å². The molecule has 7 nitrogen and oxygen atoms in total. The van der Waals surface area contributed by atoms with Gasteiger partial charge in [0, 0.05) is 35.5 Å². The molecule has 0 spiro atoms. The first kappa shape index (κ1) is 21.8. The van der Waals surface area contributed by atoms with Gasteiger partial charge in [-0.3, -0.25) is 9.59 Å². The lowest BCUT2D eigenvalue weighted by Crippen LogP contribution is -2.32. The largest absolute Gasteiger partial charge is 0.454 e. The zero-order chi connectivity index (χ0) is 23.5. The third kappa shape index (κ3) is 4.29. The standard InChI is InChI=1S/C27H27N3O4/c1-2-3-14-28-26(31)19-9-11-20(12-10-19)29-25-21-6-4-5-7-22(21)27(32)30(25)16-18-8-13-23-24(15-18)34-17-33-23/h4-13,15,25,29H,2-3,14,16-17H2,1H3,(H,28,31). The molecule has 0 radical (unpaired) electrons. The number of rotatable bonds is 8. The molecule has 2 aliphatic rings. The van der Waals surface area contributed by atoms with Crippen molar-refractivity contribution in [3.8, 4) is 11.5 Å². The minimum Gasteiger partial charge on any atom is -0.454 e. The van der Waals surface area contributed by atoms with E-state index in [0.29, 0.717) is 35.7 Å². The van der Waals surface area contributed by atoms with Gasteiger partial charge in [0.1, 0.15) is 6.17 Å². The SMILES string of the molecule is CCCCNC(=O)c1ccc(NC2c3ccccc3C(=O)N2Cc2ccc3c(c2)OCO3)cc1. The maximum atomic E-state index is 13.3. The summed E-state index contributed by atoms with van der Waals surface area (Å²) in [7, 11) is 0. The molecule has 1 unspecified atom stereocenters. The van der Waals surface area contributed by atoms with E-state index in [9.17, 15) is 9.59 Å². The minimum atomic E-state index is -0.335. The van der Waals surface area contributed by atoms with Crippen LogP contribution >= 0.6 is 0 Å². The van der Waals surface area contributed by atoms with Crippen LogP contribution in [0.2, 0.25) is 0 Å². The van der Waals surface area contributed by atoms with Gasteiger partial charge in [-0.05, 0) is 54.4 Å². The average molecular weight is 458 g/mol. The number of hydrogen-bond donors (Lipinski definition) is 2. The predicted molar refractivity (Wildman–Crippen MR) is 129 cm³/mol. The summed E-state index contributed by atoms with van der Waals surface area (Å²) in [5, 5.41) is 6.42. The van der Waals surface area contributed by atoms with Crippen LogP contribution in [0.15, 0.2) is 66.7 Å². The van der Waals surface area contributed by atoms with Gasteiger partial charge in [-0.25, -0.2) is 0 Å². The highest BCUT2D eigenvalue weighted by Crippen LogP contribution is 2.37. The number of amides is 2. The Kier molecular flexibility index (Phi) is 6.08. The summed E-state index contributed by atoms with van der Waals surface area (Å²) in [6.07, 6.45) is 1.66. The maximum Gasteiger partial charge on any atom is 0.256 e. The molecule has 2 amide bonds. The molecule has 2 heterocycles. The van der Waals surface area contributed by atoms with Crippen molar-refractivity contribution in [2.24, 2.45) is 0 Å². The number of carbonyl (C=O) groups excluding carboxylic acids is 2. The zero-order valence-electron chi connectivity index (χ0n) is 19.0. The summed E-state index contributed by atoms with van der Waals surface area (Å²) < 4.78 is 10.9. The molecular formula is C27H27N3O4. The van der Waals surface area contributed by atoms with Crippen LogP contribution in [0.5, 0.6) is 11.5 Å². The lowest BCUT2D eigenvalue weighted by Gasteiger charge is -2.27. The van der Waals surface area contributed by atoms with Crippen molar-refractivity contribution in [2.45, 2.75) is 32.5 Å². The zero-order valence-corrected chi connectivity index (χ0v) is 19.0. The first-order valence-electron chi connectivity index (χ1n) is 11.6. The van der Waals surface area contributed by atoms with Crippen molar-refractivity contribution < 1.29 is 19.1 Å². The summed E-state index contributed by atoms with van der Waals surface area (Å²) in [5.41, 5.74) is 4.01. The summed E-state index contributed by atoms with van der Waals surface area (Å²) in [5.74, 6) is 1.30. The number of fused-ring (bicyclic) bond motifs is 2. The Morgan fingerprint density at radius 3 is 2.65 bits per heavy atom. The topological polar surface area (TPSA) is 79.9 Å². The molecule has 1 atom stereocenters. The molecule has 2 aliphatic heterocycles. The highest BCUT2D eigenvalue weighted by atomic mass is 16.7. The van der Waals surface area contributed by atoms with Gasteiger partial charge in [0.2, 0.25) is 6.79 Å². The summed E-state index contributed by atoms with van der Waals surface area (Å²) >= 11 is 0. The monoisotopic (exact) mass is 457 g/mol. The van der Waals surface area contributed by atoms with Gasteiger partial charge in [-0.1, -0.05) is 37.6 Å². The van der Waals surface area contributed by atoms with Crippen molar-refractivity contribution in [3.05, 3.63) is 89.0 Å². The number of ether oxygens (including phenoxy) is 2. The molecule has 5 rings (SSSR count). The number of hydrogen-bond acceptors (Lipinski definition) is 5. The van der Waals surface area contributed by atoms with Crippen LogP contribution in [0, 0.1) is 0 Å². The molecule has 0 bridgehead atoms. The fourth-order valence-corrected chi connectivity index (χ4v) is 4.28. The number of benzene rings is 3. The smallest absolute Gasteiger partial charge is 0.256 e. The summed E-state index contributed by atoms with van der Waals surface area (Å²) in [6, 6.07) is 20.7. The third-order valence-electron chi connectivity index (χ3n) is 6.11. The molecule has 0 aromatic heterocycles. The van der Waals surface area contributed by atoms with Crippen molar-refractivity contribution in [3.63, 3.8) is 0 Å². The molecule has 7 heteroatoms. The highest BCUT2D eigenvalue weighted by Gasteiger charge is 2.36. The number of unbranched alkanes of at least 4 members (excludes halogenated alkanes) is 1. The second-order valence-electron chi connectivity index (χ2n) is 8.44. The molecule has 0 saturated carbocycles. The van der Waals surface area contributed by atoms with Gasteiger partial charge >= 0.3 is 0 Å². The Hall–Kier alpha value is -4.00. The van der Waals surface area contributed by atoms with Crippen LogP contribution in [0.25, 0.3) is 0 Å². The maximum absolute atomic E-state index is 13.3. The molecule has 174 valence electrons. The first-order chi connectivity index (χ1) is 16.6. The van der Waals surface area contributed by atoms with E-state index in [1.807, 2.05) is 59.5 Å². The molecule has 0 aliphatic carbocycles. The number of anilines is 1. The van der Waals surface area contributed by atoms with Crippen molar-refractivity contribution >= 4 is 17.5 Å². The van der Waals surface area contributed by atoms with Gasteiger partial charge in [0.25, 0.3) is 11.8 Å². The lowest BCUT2D eigenvalue weighted by molar-refractivity contribution is 0.0728. The van der Waals surface area contributed by atoms with E-state index in [2.05, 4.69) is 17.6 Å². The fraction of sp³-hybridized carbons (Fsp3) is 0.259. The Balaban J connectivity index is 1.36. The van der Waals surface area contributed by atoms with E-state index in [1.165, 1.54) is 0 Å². The van der Waals surface area contributed by atoms with Crippen LogP contribution in [-0.4, -0.2) is 30.1 Å². The van der Waals surface area contributed by atoms with E-state index < -0.39 is 0 Å². The van der Waals surface area contributed by atoms with Crippen molar-refractivity contribution in [1.29, 1.82) is 0 Å². The molecule has 3 aromatic rings. The molecule has 0 saturated heterocycles. The van der Waals surface area contributed by atoms with Crippen LogP contribution in [0.1, 0.15) is 57.8 Å². The van der Waals surface area contributed by atoms with E-state index in [0.717, 1.165) is 29.7 Å². The van der Waals surface area contributed by atoms with Gasteiger partial charge < -0.3 is 25.0 Å².